The van der Waals surface area contributed by atoms with Crippen molar-refractivity contribution in [3.05, 3.63) is 42.1 Å². The number of amides is 2. The Hall–Kier alpha value is -2.83. The van der Waals surface area contributed by atoms with Crippen molar-refractivity contribution in [1.29, 1.82) is 0 Å². The van der Waals surface area contributed by atoms with Gasteiger partial charge in [-0.3, -0.25) is 0 Å². The highest BCUT2D eigenvalue weighted by molar-refractivity contribution is 5.89. The van der Waals surface area contributed by atoms with E-state index in [0.29, 0.717) is 24.5 Å². The summed E-state index contributed by atoms with van der Waals surface area (Å²) in [6, 6.07) is 9.95. The zero-order valence-electron chi connectivity index (χ0n) is 16.9. The predicted molar refractivity (Wildman–Crippen MR) is 114 cm³/mol. The van der Waals surface area contributed by atoms with Gasteiger partial charge in [-0.1, -0.05) is 17.7 Å². The number of nitrogens with zero attached hydrogens (tertiary/aromatic N) is 3. The molecule has 7 heteroatoms. The molecule has 0 aliphatic heterocycles. The lowest BCUT2D eigenvalue weighted by molar-refractivity contribution is 0.246. The molecule has 1 aliphatic rings. The molecule has 0 unspecified atom stereocenters. The molecule has 1 heterocycles. The van der Waals surface area contributed by atoms with Gasteiger partial charge in [-0.15, -0.1) is 0 Å². The number of hydrogen-bond donors (Lipinski definition) is 3. The summed E-state index contributed by atoms with van der Waals surface area (Å²) in [6.45, 7) is 2.73. The van der Waals surface area contributed by atoms with Crippen molar-refractivity contribution in [3.8, 4) is 0 Å². The van der Waals surface area contributed by atoms with Gasteiger partial charge in [0.2, 0.25) is 5.95 Å². The molecule has 7 nitrogen and oxygen atoms in total. The number of hydrogen-bond acceptors (Lipinski definition) is 5. The molecule has 28 heavy (non-hydrogen) atoms. The van der Waals surface area contributed by atoms with E-state index >= 15 is 0 Å². The molecule has 0 saturated heterocycles. The molecular formula is C21H30N6O. The van der Waals surface area contributed by atoms with Crippen LogP contribution in [-0.4, -0.2) is 42.7 Å². The molecule has 1 aromatic heterocycles. The second-order valence-corrected chi connectivity index (χ2v) is 7.70. The second kappa shape index (κ2) is 9.39. The molecule has 0 spiro atoms. The summed E-state index contributed by atoms with van der Waals surface area (Å²) in [7, 11) is 3.94. The Balaban J connectivity index is 1.38. The van der Waals surface area contributed by atoms with Crippen molar-refractivity contribution in [2.24, 2.45) is 5.92 Å². The Morgan fingerprint density at radius 3 is 2.50 bits per heavy atom. The van der Waals surface area contributed by atoms with Crippen LogP contribution < -0.4 is 20.9 Å². The van der Waals surface area contributed by atoms with Gasteiger partial charge >= 0.3 is 6.03 Å². The van der Waals surface area contributed by atoms with Gasteiger partial charge in [-0.05, 0) is 56.7 Å². The van der Waals surface area contributed by atoms with Crippen molar-refractivity contribution in [3.63, 3.8) is 0 Å². The van der Waals surface area contributed by atoms with Crippen LogP contribution in [0.5, 0.6) is 0 Å². The van der Waals surface area contributed by atoms with Crippen LogP contribution in [0.1, 0.15) is 31.2 Å². The summed E-state index contributed by atoms with van der Waals surface area (Å²) < 4.78 is 0. The summed E-state index contributed by atoms with van der Waals surface area (Å²) in [5, 5.41) is 9.33. The van der Waals surface area contributed by atoms with E-state index in [1.165, 1.54) is 5.56 Å². The lowest BCUT2D eigenvalue weighted by Gasteiger charge is -2.29. The molecule has 3 rings (SSSR count). The molecular weight excluding hydrogens is 352 g/mol. The van der Waals surface area contributed by atoms with Crippen molar-refractivity contribution in [2.45, 2.75) is 38.6 Å². The van der Waals surface area contributed by atoms with E-state index in [9.17, 15) is 4.79 Å². The zero-order chi connectivity index (χ0) is 19.9. The van der Waals surface area contributed by atoms with Crippen molar-refractivity contribution in [1.82, 2.24) is 15.3 Å². The average Bonchev–Trinajstić information content (AvgIpc) is 2.69. The molecule has 1 aliphatic carbocycles. The van der Waals surface area contributed by atoms with E-state index in [4.69, 9.17) is 0 Å². The van der Waals surface area contributed by atoms with Gasteiger partial charge in [0.15, 0.2) is 0 Å². The molecule has 0 radical (unpaired) electrons. The van der Waals surface area contributed by atoms with E-state index in [1.54, 1.807) is 6.20 Å². The summed E-state index contributed by atoms with van der Waals surface area (Å²) in [5.74, 6) is 2.09. The average molecular weight is 383 g/mol. The molecule has 0 bridgehead atoms. The van der Waals surface area contributed by atoms with Crippen LogP contribution in [0, 0.1) is 12.8 Å². The minimum Gasteiger partial charge on any atom is -0.363 e. The number of aromatic nitrogens is 2. The smallest absolute Gasteiger partial charge is 0.319 e. The topological polar surface area (TPSA) is 82.2 Å². The molecule has 2 amide bonds. The molecule has 1 aromatic carbocycles. The second-order valence-electron chi connectivity index (χ2n) is 7.70. The summed E-state index contributed by atoms with van der Waals surface area (Å²) in [6.07, 6.45) is 6.06. The van der Waals surface area contributed by atoms with Crippen LogP contribution in [0.3, 0.4) is 0 Å². The maximum atomic E-state index is 12.1. The largest absolute Gasteiger partial charge is 0.363 e. The van der Waals surface area contributed by atoms with E-state index in [2.05, 4.69) is 25.9 Å². The quantitative estimate of drug-likeness (QED) is 0.710. The SMILES string of the molecule is Cc1ccc(NC(=O)NC[C@H]2CC[C@@H](Nc3nccc(N(C)C)n3)CC2)cc1. The van der Waals surface area contributed by atoms with Crippen molar-refractivity contribution in [2.75, 3.05) is 36.2 Å². The Kier molecular flexibility index (Phi) is 6.68. The van der Waals surface area contributed by atoms with Gasteiger partial charge < -0.3 is 20.9 Å². The fourth-order valence-electron chi connectivity index (χ4n) is 3.41. The number of carbonyl (C=O) groups is 1. The van der Waals surface area contributed by atoms with Crippen molar-refractivity contribution >= 4 is 23.5 Å². The van der Waals surface area contributed by atoms with E-state index in [1.807, 2.05) is 56.3 Å². The first-order valence-corrected chi connectivity index (χ1v) is 9.88. The van der Waals surface area contributed by atoms with Crippen LogP contribution in [0.15, 0.2) is 36.5 Å². The molecule has 3 N–H and O–H groups in total. The minimum atomic E-state index is -0.141. The van der Waals surface area contributed by atoms with Gasteiger partial charge in [-0.2, -0.15) is 4.98 Å². The van der Waals surface area contributed by atoms with Gasteiger partial charge in [0.25, 0.3) is 0 Å². The lowest BCUT2D eigenvalue weighted by atomic mass is 9.86. The number of rotatable bonds is 6. The normalized spacial score (nSPS) is 19.0. The van der Waals surface area contributed by atoms with Crippen LogP contribution >= 0.6 is 0 Å². The predicted octanol–water partition coefficient (Wildman–Crippen LogP) is 3.64. The zero-order valence-corrected chi connectivity index (χ0v) is 16.9. The lowest BCUT2D eigenvalue weighted by Crippen LogP contribution is -2.36. The van der Waals surface area contributed by atoms with Gasteiger partial charge in [0.05, 0.1) is 0 Å². The standard InChI is InChI=1S/C21H30N6O/c1-15-4-8-18(9-5-15)25-21(28)23-14-16-6-10-17(11-7-16)24-20-22-13-12-19(26-20)27(2)3/h4-5,8-9,12-13,16-17H,6-7,10-11,14H2,1-3H3,(H,22,24,26)(H2,23,25,28)/t16-,17+. The van der Waals surface area contributed by atoms with Crippen LogP contribution in [0.2, 0.25) is 0 Å². The molecule has 2 aromatic rings. The Labute approximate surface area is 167 Å². The molecule has 0 atom stereocenters. The Morgan fingerprint density at radius 2 is 1.82 bits per heavy atom. The third-order valence-corrected chi connectivity index (χ3v) is 5.14. The van der Waals surface area contributed by atoms with E-state index in [0.717, 1.165) is 37.2 Å². The van der Waals surface area contributed by atoms with Crippen LogP contribution in [0.4, 0.5) is 22.2 Å². The molecule has 1 fully saturated rings. The highest BCUT2D eigenvalue weighted by Crippen LogP contribution is 2.25. The summed E-state index contributed by atoms with van der Waals surface area (Å²) >= 11 is 0. The number of anilines is 3. The fraction of sp³-hybridized carbons (Fsp3) is 0.476. The van der Waals surface area contributed by atoms with E-state index in [-0.39, 0.29) is 6.03 Å². The van der Waals surface area contributed by atoms with Gasteiger partial charge in [-0.25, -0.2) is 9.78 Å². The fourth-order valence-corrected chi connectivity index (χ4v) is 3.41. The van der Waals surface area contributed by atoms with Gasteiger partial charge in [0.1, 0.15) is 5.82 Å². The highest BCUT2D eigenvalue weighted by atomic mass is 16.2. The first-order valence-electron chi connectivity index (χ1n) is 9.88. The van der Waals surface area contributed by atoms with Crippen LogP contribution in [0.25, 0.3) is 0 Å². The number of aryl methyl sites for hydroxylation is 1. The van der Waals surface area contributed by atoms with E-state index < -0.39 is 0 Å². The van der Waals surface area contributed by atoms with Crippen molar-refractivity contribution < 1.29 is 4.79 Å². The van der Waals surface area contributed by atoms with Crippen LogP contribution in [-0.2, 0) is 0 Å². The number of benzene rings is 1. The Bertz CT molecular complexity index is 769. The first kappa shape index (κ1) is 19.9. The number of nitrogens with one attached hydrogen (secondary N) is 3. The third kappa shape index (κ3) is 5.84. The molecule has 150 valence electrons. The maximum Gasteiger partial charge on any atom is 0.319 e. The number of carbonyl (C=O) groups excluding carboxylic acids is 1. The first-order chi connectivity index (χ1) is 13.5. The summed E-state index contributed by atoms with van der Waals surface area (Å²) in [4.78, 5) is 22.9. The number of urea groups is 1. The Morgan fingerprint density at radius 1 is 1.11 bits per heavy atom. The highest BCUT2D eigenvalue weighted by Gasteiger charge is 2.22. The van der Waals surface area contributed by atoms with Gasteiger partial charge in [0, 0.05) is 38.6 Å². The molecule has 1 saturated carbocycles. The minimum absolute atomic E-state index is 0.141. The summed E-state index contributed by atoms with van der Waals surface area (Å²) in [5.41, 5.74) is 1.99. The maximum absolute atomic E-state index is 12.1. The third-order valence-electron chi connectivity index (χ3n) is 5.14. The monoisotopic (exact) mass is 382 g/mol.